The number of hydrogen-bond donors (Lipinski definition) is 2. The average molecular weight is 317 g/mol. The summed E-state index contributed by atoms with van der Waals surface area (Å²) in [5, 5.41) is 12.6. The Balaban J connectivity index is 1.77. The van der Waals surface area contributed by atoms with E-state index in [4.69, 9.17) is 4.74 Å². The molecule has 2 atom stereocenters. The molecule has 0 saturated carbocycles. The van der Waals surface area contributed by atoms with Gasteiger partial charge in [0.2, 0.25) is 0 Å². The predicted octanol–water partition coefficient (Wildman–Crippen LogP) is 2.31. The quantitative estimate of drug-likeness (QED) is 0.824. The lowest BCUT2D eigenvalue weighted by Crippen LogP contribution is -2.40. The molecule has 122 valence electrons. The van der Waals surface area contributed by atoms with Gasteiger partial charge in [-0.25, -0.2) is 4.39 Å². The Hall–Kier alpha value is -2.40. The van der Waals surface area contributed by atoms with Crippen molar-refractivity contribution in [1.29, 1.82) is 0 Å². The van der Waals surface area contributed by atoms with Crippen LogP contribution in [0.2, 0.25) is 0 Å². The van der Waals surface area contributed by atoms with Gasteiger partial charge in [-0.15, -0.1) is 0 Å². The van der Waals surface area contributed by atoms with Crippen molar-refractivity contribution in [3.05, 3.63) is 66.0 Å². The van der Waals surface area contributed by atoms with E-state index in [0.29, 0.717) is 6.42 Å². The van der Waals surface area contributed by atoms with Gasteiger partial charge in [0.1, 0.15) is 11.6 Å². The maximum atomic E-state index is 13.1. The standard InChI is InChI=1S/C18H20FNO3/c1-13(23-17-9-5-8-15(19)11-17)18(22)20-12-16(21)10-14-6-3-2-4-7-14/h2-9,11,13,16,21H,10,12H2,1H3,(H,20,22)/t13-,16+/m1/s1. The van der Waals surface area contributed by atoms with Gasteiger partial charge in [-0.2, -0.15) is 0 Å². The van der Waals surface area contributed by atoms with Crippen LogP contribution in [0.4, 0.5) is 4.39 Å². The zero-order valence-corrected chi connectivity index (χ0v) is 12.9. The van der Waals surface area contributed by atoms with E-state index in [0.717, 1.165) is 5.56 Å². The van der Waals surface area contributed by atoms with Crippen molar-refractivity contribution in [2.45, 2.75) is 25.6 Å². The largest absolute Gasteiger partial charge is 0.481 e. The molecule has 2 aromatic carbocycles. The van der Waals surface area contributed by atoms with Crippen LogP contribution in [0.15, 0.2) is 54.6 Å². The molecule has 0 fully saturated rings. The van der Waals surface area contributed by atoms with Crippen LogP contribution in [0.25, 0.3) is 0 Å². The molecule has 2 aromatic rings. The summed E-state index contributed by atoms with van der Waals surface area (Å²) in [5.41, 5.74) is 0.998. The number of aliphatic hydroxyl groups is 1. The van der Waals surface area contributed by atoms with Crippen molar-refractivity contribution >= 4 is 5.91 Å². The van der Waals surface area contributed by atoms with Crippen molar-refractivity contribution in [2.75, 3.05) is 6.54 Å². The van der Waals surface area contributed by atoms with Gasteiger partial charge in [-0.3, -0.25) is 4.79 Å². The molecular formula is C18H20FNO3. The van der Waals surface area contributed by atoms with E-state index < -0.39 is 18.0 Å². The van der Waals surface area contributed by atoms with Gasteiger partial charge in [0.05, 0.1) is 6.10 Å². The van der Waals surface area contributed by atoms with Gasteiger partial charge in [0.15, 0.2) is 6.10 Å². The van der Waals surface area contributed by atoms with Crippen LogP contribution in [0.3, 0.4) is 0 Å². The molecule has 0 spiro atoms. The Bertz CT molecular complexity index is 633. The summed E-state index contributed by atoms with van der Waals surface area (Å²) in [6.07, 6.45) is -0.997. The minimum atomic E-state index is -0.777. The minimum Gasteiger partial charge on any atom is -0.481 e. The van der Waals surface area contributed by atoms with Crippen LogP contribution in [0.1, 0.15) is 12.5 Å². The molecule has 0 aromatic heterocycles. The van der Waals surface area contributed by atoms with Gasteiger partial charge < -0.3 is 15.2 Å². The number of aliphatic hydroxyl groups excluding tert-OH is 1. The molecule has 5 heteroatoms. The molecule has 1 amide bonds. The zero-order valence-electron chi connectivity index (χ0n) is 12.9. The van der Waals surface area contributed by atoms with E-state index in [9.17, 15) is 14.3 Å². The fraction of sp³-hybridized carbons (Fsp3) is 0.278. The number of benzene rings is 2. The fourth-order valence-electron chi connectivity index (χ4n) is 2.12. The van der Waals surface area contributed by atoms with E-state index in [1.165, 1.54) is 18.2 Å². The summed E-state index contributed by atoms with van der Waals surface area (Å²) in [6, 6.07) is 15.2. The van der Waals surface area contributed by atoms with Gasteiger partial charge in [0, 0.05) is 19.0 Å². The van der Waals surface area contributed by atoms with Gasteiger partial charge in [0.25, 0.3) is 5.91 Å². The third-order valence-corrected chi connectivity index (χ3v) is 3.30. The van der Waals surface area contributed by atoms with E-state index in [2.05, 4.69) is 5.32 Å². The number of hydrogen-bond acceptors (Lipinski definition) is 3. The molecule has 4 nitrogen and oxygen atoms in total. The molecule has 2 N–H and O–H groups in total. The molecule has 0 aliphatic rings. The highest BCUT2D eigenvalue weighted by Gasteiger charge is 2.16. The Morgan fingerprint density at radius 3 is 2.65 bits per heavy atom. The third-order valence-electron chi connectivity index (χ3n) is 3.30. The molecule has 0 saturated heterocycles. The number of rotatable bonds is 7. The summed E-state index contributed by atoms with van der Waals surface area (Å²) in [6.45, 7) is 1.70. The summed E-state index contributed by atoms with van der Waals surface area (Å²) < 4.78 is 18.4. The molecule has 0 aliphatic heterocycles. The van der Waals surface area contributed by atoms with E-state index in [1.54, 1.807) is 13.0 Å². The van der Waals surface area contributed by atoms with Crippen LogP contribution in [0.5, 0.6) is 5.75 Å². The molecule has 0 heterocycles. The maximum absolute atomic E-state index is 13.1. The van der Waals surface area contributed by atoms with Crippen molar-refractivity contribution < 1.29 is 19.0 Å². The smallest absolute Gasteiger partial charge is 0.260 e. The highest BCUT2D eigenvalue weighted by Crippen LogP contribution is 2.13. The van der Waals surface area contributed by atoms with E-state index in [-0.39, 0.29) is 18.2 Å². The Morgan fingerprint density at radius 1 is 1.22 bits per heavy atom. The Kier molecular flexibility index (Phi) is 6.11. The first kappa shape index (κ1) is 17.0. The monoisotopic (exact) mass is 317 g/mol. The number of nitrogens with one attached hydrogen (secondary N) is 1. The SMILES string of the molecule is C[C@@H](Oc1cccc(F)c1)C(=O)NC[C@@H](O)Cc1ccccc1. The molecule has 0 radical (unpaired) electrons. The van der Waals surface area contributed by atoms with Crippen molar-refractivity contribution in [3.63, 3.8) is 0 Å². The lowest BCUT2D eigenvalue weighted by Gasteiger charge is -2.17. The van der Waals surface area contributed by atoms with Crippen LogP contribution in [-0.2, 0) is 11.2 Å². The third kappa shape index (κ3) is 5.71. The van der Waals surface area contributed by atoms with Crippen molar-refractivity contribution in [2.24, 2.45) is 0 Å². The second kappa shape index (κ2) is 8.29. The number of halogens is 1. The average Bonchev–Trinajstić information content (AvgIpc) is 2.53. The second-order valence-corrected chi connectivity index (χ2v) is 5.31. The predicted molar refractivity (Wildman–Crippen MR) is 85.7 cm³/mol. The number of carbonyl (C=O) groups is 1. The molecule has 23 heavy (non-hydrogen) atoms. The molecule has 0 bridgehead atoms. The topological polar surface area (TPSA) is 58.6 Å². The van der Waals surface area contributed by atoms with Gasteiger partial charge in [-0.05, 0) is 24.6 Å². The minimum absolute atomic E-state index is 0.130. The lowest BCUT2D eigenvalue weighted by atomic mass is 10.1. The van der Waals surface area contributed by atoms with Crippen LogP contribution in [0, 0.1) is 5.82 Å². The molecule has 2 rings (SSSR count). The highest BCUT2D eigenvalue weighted by molar-refractivity contribution is 5.80. The summed E-state index contributed by atoms with van der Waals surface area (Å²) in [7, 11) is 0. The molecule has 0 unspecified atom stereocenters. The molecule has 0 aliphatic carbocycles. The van der Waals surface area contributed by atoms with Gasteiger partial charge in [-0.1, -0.05) is 36.4 Å². The summed E-state index contributed by atoms with van der Waals surface area (Å²) in [5.74, 6) is -0.493. The maximum Gasteiger partial charge on any atom is 0.260 e. The normalized spacial score (nSPS) is 13.2. The van der Waals surface area contributed by atoms with Crippen molar-refractivity contribution in [1.82, 2.24) is 5.32 Å². The van der Waals surface area contributed by atoms with Crippen LogP contribution in [-0.4, -0.2) is 29.8 Å². The van der Waals surface area contributed by atoms with Gasteiger partial charge >= 0.3 is 0 Å². The van der Waals surface area contributed by atoms with Crippen LogP contribution < -0.4 is 10.1 Å². The number of amides is 1. The Morgan fingerprint density at radius 2 is 1.96 bits per heavy atom. The molecular weight excluding hydrogens is 297 g/mol. The summed E-state index contributed by atoms with van der Waals surface area (Å²) >= 11 is 0. The first-order chi connectivity index (χ1) is 11.0. The van der Waals surface area contributed by atoms with Crippen LogP contribution >= 0.6 is 0 Å². The fourth-order valence-corrected chi connectivity index (χ4v) is 2.12. The first-order valence-electron chi connectivity index (χ1n) is 7.46. The van der Waals surface area contributed by atoms with E-state index >= 15 is 0 Å². The van der Waals surface area contributed by atoms with Crippen molar-refractivity contribution in [3.8, 4) is 5.75 Å². The summed E-state index contributed by atoms with van der Waals surface area (Å²) in [4.78, 5) is 11.9. The zero-order chi connectivity index (χ0) is 16.7. The first-order valence-corrected chi connectivity index (χ1v) is 7.46. The number of ether oxygens (including phenoxy) is 1. The number of carbonyl (C=O) groups excluding carboxylic acids is 1. The lowest BCUT2D eigenvalue weighted by molar-refractivity contribution is -0.127. The Labute approximate surface area is 134 Å². The highest BCUT2D eigenvalue weighted by atomic mass is 19.1. The van der Waals surface area contributed by atoms with E-state index in [1.807, 2.05) is 30.3 Å². The second-order valence-electron chi connectivity index (χ2n) is 5.31.